The number of amides is 2. The van der Waals surface area contributed by atoms with Crippen molar-refractivity contribution in [1.82, 2.24) is 4.90 Å². The van der Waals surface area contributed by atoms with Gasteiger partial charge in [-0.1, -0.05) is 44.2 Å². The molecule has 1 aromatic rings. The number of cyclic esters (lactones) is 1. The van der Waals surface area contributed by atoms with E-state index >= 15 is 0 Å². The Kier molecular flexibility index (Phi) is 20.7. The van der Waals surface area contributed by atoms with Crippen LogP contribution in [-0.4, -0.2) is 41.3 Å². The van der Waals surface area contributed by atoms with E-state index in [0.717, 1.165) is 5.56 Å². The molecule has 0 saturated carbocycles. The molecule has 1 aliphatic heterocycles. The number of rotatable bonds is 5. The van der Waals surface area contributed by atoms with Gasteiger partial charge < -0.3 is 59.5 Å². The van der Waals surface area contributed by atoms with Crippen LogP contribution in [0.2, 0.25) is 0 Å². The molecule has 2 amide bonds. The molecule has 26 heavy (non-hydrogen) atoms. The maximum absolute atomic E-state index is 12.5. The zero-order valence-corrected chi connectivity index (χ0v) is 19.0. The second-order valence-electron chi connectivity index (χ2n) is 5.66. The minimum absolute atomic E-state index is 0. The van der Waals surface area contributed by atoms with Gasteiger partial charge in [0.05, 0.1) is 18.6 Å². The topological polar surface area (TPSA) is 66.8 Å². The Morgan fingerprint density at radius 1 is 1.19 bits per heavy atom. The summed E-state index contributed by atoms with van der Waals surface area (Å²) < 4.78 is 5.03. The van der Waals surface area contributed by atoms with Crippen LogP contribution in [0, 0.1) is 11.8 Å². The summed E-state index contributed by atoms with van der Waals surface area (Å²) in [6.07, 6.45) is -0.0470. The molecule has 0 aromatic heterocycles. The number of halogens is 4. The molecule has 0 unspecified atom stereocenters. The molecule has 1 aliphatic rings. The van der Waals surface area contributed by atoms with E-state index < -0.39 is 12.0 Å². The zero-order chi connectivity index (χ0) is 15.4. The molecule has 2 rings (SSSR count). The van der Waals surface area contributed by atoms with Crippen molar-refractivity contribution in [2.24, 2.45) is 11.8 Å². The van der Waals surface area contributed by atoms with E-state index in [9.17, 15) is 14.7 Å². The quantitative estimate of drug-likeness (QED) is 0.425. The SMILES string of the molecule is CC(C)[C@@H](CO)C(=O)N1C(=O)OC[C@H]1Cc1ccccc1.[Cl-].[Cl-].[Cl-].[Cl-].[Ti+4]. The van der Waals surface area contributed by atoms with Crippen LogP contribution < -0.4 is 49.6 Å². The first-order valence-electron chi connectivity index (χ1n) is 7.19. The Hall–Kier alpha value is -0.00571. The second-order valence-corrected chi connectivity index (χ2v) is 5.66. The first-order valence-corrected chi connectivity index (χ1v) is 7.19. The van der Waals surface area contributed by atoms with E-state index in [-0.39, 0.29) is 102 Å². The van der Waals surface area contributed by atoms with Gasteiger partial charge in [-0.3, -0.25) is 4.79 Å². The van der Waals surface area contributed by atoms with E-state index in [1.807, 2.05) is 44.2 Å². The smallest absolute Gasteiger partial charge is 1.00 e. The standard InChI is InChI=1S/C16H21NO4.4ClH.Ti/c1-11(2)14(9-18)15(19)17-13(10-21-16(17)20)8-12-6-4-3-5-7-12;;;;;/h3-7,11,13-14,18H,8-10H2,1-2H3;4*1H;/q;;;;;+4/p-4/t13-,14-;;;;;/m1...../s1. The predicted octanol–water partition coefficient (Wildman–Crippen LogP) is -10.1. The summed E-state index contributed by atoms with van der Waals surface area (Å²) in [5.74, 6) is -0.960. The van der Waals surface area contributed by atoms with Crippen molar-refractivity contribution < 1.29 is 90.8 Å². The van der Waals surface area contributed by atoms with Crippen LogP contribution in [0.4, 0.5) is 4.79 Å². The number of aliphatic hydroxyl groups is 1. The molecule has 2 atom stereocenters. The van der Waals surface area contributed by atoms with Gasteiger partial charge in [-0.15, -0.1) is 0 Å². The van der Waals surface area contributed by atoms with Gasteiger partial charge in [-0.2, -0.15) is 0 Å². The number of benzene rings is 1. The van der Waals surface area contributed by atoms with E-state index in [1.165, 1.54) is 4.90 Å². The van der Waals surface area contributed by atoms with Crippen molar-refractivity contribution in [2.45, 2.75) is 26.3 Å². The molecule has 0 radical (unpaired) electrons. The number of carbonyl (C=O) groups is 2. The molecule has 1 aromatic carbocycles. The number of carbonyl (C=O) groups excluding carboxylic acids is 2. The number of aliphatic hydroxyl groups excluding tert-OH is 1. The second kappa shape index (κ2) is 16.0. The van der Waals surface area contributed by atoms with E-state index in [4.69, 9.17) is 4.74 Å². The number of nitrogens with zero attached hydrogens (tertiary/aromatic N) is 1. The third-order valence-electron chi connectivity index (χ3n) is 3.83. The van der Waals surface area contributed by atoms with Crippen LogP contribution in [0.15, 0.2) is 30.3 Å². The largest absolute Gasteiger partial charge is 4.00 e. The molecule has 1 saturated heterocycles. The molecular formula is C16H21Cl4NO4Ti. The van der Waals surface area contributed by atoms with Gasteiger partial charge in [0.1, 0.15) is 6.61 Å². The average molecular weight is 481 g/mol. The molecule has 0 bridgehead atoms. The van der Waals surface area contributed by atoms with Crippen molar-refractivity contribution in [3.8, 4) is 0 Å². The third-order valence-corrected chi connectivity index (χ3v) is 3.83. The summed E-state index contributed by atoms with van der Waals surface area (Å²) in [5.41, 5.74) is 1.05. The summed E-state index contributed by atoms with van der Waals surface area (Å²) in [6, 6.07) is 9.37. The van der Waals surface area contributed by atoms with Crippen molar-refractivity contribution in [1.29, 1.82) is 0 Å². The summed E-state index contributed by atoms with van der Waals surface area (Å²) in [5, 5.41) is 9.39. The Balaban J connectivity index is -0.000000484. The van der Waals surface area contributed by atoms with Crippen molar-refractivity contribution in [3.63, 3.8) is 0 Å². The Morgan fingerprint density at radius 3 is 2.19 bits per heavy atom. The molecule has 1 fully saturated rings. The van der Waals surface area contributed by atoms with Gasteiger partial charge in [0.25, 0.3) is 0 Å². The van der Waals surface area contributed by atoms with E-state index in [1.54, 1.807) is 0 Å². The first kappa shape index (κ1) is 33.6. The fourth-order valence-corrected chi connectivity index (χ4v) is 2.52. The van der Waals surface area contributed by atoms with Crippen LogP contribution in [0.1, 0.15) is 19.4 Å². The normalized spacial score (nSPS) is 15.9. The monoisotopic (exact) mass is 479 g/mol. The minimum Gasteiger partial charge on any atom is -1.00 e. The van der Waals surface area contributed by atoms with E-state index in [0.29, 0.717) is 6.42 Å². The molecule has 1 N–H and O–H groups in total. The molecule has 146 valence electrons. The van der Waals surface area contributed by atoms with Crippen LogP contribution in [-0.2, 0) is 37.7 Å². The average Bonchev–Trinajstić information content (AvgIpc) is 2.81. The molecular weight excluding hydrogens is 460 g/mol. The van der Waals surface area contributed by atoms with Gasteiger partial charge in [0.2, 0.25) is 5.91 Å². The summed E-state index contributed by atoms with van der Waals surface area (Å²) >= 11 is 0. The Morgan fingerprint density at radius 2 is 1.73 bits per heavy atom. The minimum atomic E-state index is -0.611. The molecule has 1 heterocycles. The van der Waals surface area contributed by atoms with Crippen molar-refractivity contribution in [3.05, 3.63) is 35.9 Å². The molecule has 0 spiro atoms. The third kappa shape index (κ3) is 8.34. The summed E-state index contributed by atoms with van der Waals surface area (Å²) in [4.78, 5) is 25.5. The maximum atomic E-state index is 12.5. The number of hydrogen-bond donors (Lipinski definition) is 1. The maximum Gasteiger partial charge on any atom is 4.00 e. The van der Waals surface area contributed by atoms with Crippen molar-refractivity contribution in [2.75, 3.05) is 13.2 Å². The first-order chi connectivity index (χ1) is 10.0. The van der Waals surface area contributed by atoms with E-state index in [2.05, 4.69) is 0 Å². The predicted molar refractivity (Wildman–Crippen MR) is 77.5 cm³/mol. The Bertz CT molecular complexity index is 522. The van der Waals surface area contributed by atoms with Crippen LogP contribution >= 0.6 is 0 Å². The van der Waals surface area contributed by atoms with Crippen LogP contribution in [0.3, 0.4) is 0 Å². The molecule has 0 aliphatic carbocycles. The number of hydrogen-bond acceptors (Lipinski definition) is 4. The fraction of sp³-hybridized carbons (Fsp3) is 0.500. The van der Waals surface area contributed by atoms with Crippen molar-refractivity contribution >= 4 is 12.0 Å². The van der Waals surface area contributed by atoms with Gasteiger partial charge in [0.15, 0.2) is 0 Å². The zero-order valence-electron chi connectivity index (χ0n) is 14.4. The van der Waals surface area contributed by atoms with Gasteiger partial charge in [0, 0.05) is 0 Å². The van der Waals surface area contributed by atoms with Gasteiger partial charge >= 0.3 is 27.8 Å². The number of ether oxygens (including phenoxy) is 1. The van der Waals surface area contributed by atoms with Gasteiger partial charge in [-0.05, 0) is 17.9 Å². The summed E-state index contributed by atoms with van der Waals surface area (Å²) in [7, 11) is 0. The van der Waals surface area contributed by atoms with Crippen LogP contribution in [0.5, 0.6) is 0 Å². The fourth-order valence-electron chi connectivity index (χ4n) is 2.52. The summed E-state index contributed by atoms with van der Waals surface area (Å²) in [6.45, 7) is 3.65. The molecule has 10 heteroatoms. The van der Waals surface area contributed by atoms with Gasteiger partial charge in [-0.25, -0.2) is 9.69 Å². The Labute approximate surface area is 194 Å². The molecule has 5 nitrogen and oxygen atoms in total. The number of imide groups is 1. The van der Waals surface area contributed by atoms with Crippen LogP contribution in [0.25, 0.3) is 0 Å².